The van der Waals surface area contributed by atoms with E-state index < -0.39 is 5.56 Å². The molecule has 3 aromatic rings. The highest BCUT2D eigenvalue weighted by molar-refractivity contribution is 5.75. The molecule has 6 nitrogen and oxygen atoms in total. The molecule has 2 aromatic carbocycles. The van der Waals surface area contributed by atoms with E-state index in [0.717, 1.165) is 11.1 Å². The molecule has 6 heteroatoms. The van der Waals surface area contributed by atoms with Gasteiger partial charge in [-0.15, -0.1) is 0 Å². The number of hydrogen-bond donors (Lipinski definition) is 1. The van der Waals surface area contributed by atoms with Crippen LogP contribution in [0.1, 0.15) is 40.3 Å². The molecule has 30 heavy (non-hydrogen) atoms. The summed E-state index contributed by atoms with van der Waals surface area (Å²) in [6.07, 6.45) is 0.721. The monoisotopic (exact) mass is 400 g/mol. The highest BCUT2D eigenvalue weighted by Gasteiger charge is 2.16. The first-order valence-corrected chi connectivity index (χ1v) is 9.86. The first kappa shape index (κ1) is 21.0. The Balaban J connectivity index is 1.68. The zero-order valence-corrected chi connectivity index (χ0v) is 17.1. The third-order valence-electron chi connectivity index (χ3n) is 5.20. The molecule has 0 fully saturated rings. The molecule has 0 unspecified atom stereocenters. The topological polar surface area (TPSA) is 87.8 Å². The zero-order chi connectivity index (χ0) is 21.5. The SMILES string of the molecule is Cc1nn(CC(=O)NCCC(c2ccccc2)c2ccccc2)c(=O)c(C#N)c1C. The van der Waals surface area contributed by atoms with Crippen molar-refractivity contribution in [1.82, 2.24) is 15.1 Å². The van der Waals surface area contributed by atoms with Crippen molar-refractivity contribution in [3.8, 4) is 6.07 Å². The van der Waals surface area contributed by atoms with Crippen LogP contribution in [-0.2, 0) is 11.3 Å². The average Bonchev–Trinajstić information content (AvgIpc) is 2.77. The zero-order valence-electron chi connectivity index (χ0n) is 17.1. The Kier molecular flexibility index (Phi) is 6.76. The third kappa shape index (κ3) is 4.81. The van der Waals surface area contributed by atoms with Crippen LogP contribution in [0.2, 0.25) is 0 Å². The molecule has 3 rings (SSSR count). The number of nitrogens with zero attached hydrogens (tertiary/aromatic N) is 3. The molecule has 0 aliphatic rings. The van der Waals surface area contributed by atoms with Crippen LogP contribution >= 0.6 is 0 Å². The summed E-state index contributed by atoms with van der Waals surface area (Å²) in [5.41, 5.74) is 2.97. The minimum atomic E-state index is -0.540. The number of carbonyl (C=O) groups excluding carboxylic acids is 1. The van der Waals surface area contributed by atoms with Crippen LogP contribution in [0.5, 0.6) is 0 Å². The van der Waals surface area contributed by atoms with E-state index in [2.05, 4.69) is 34.7 Å². The third-order valence-corrected chi connectivity index (χ3v) is 5.20. The van der Waals surface area contributed by atoms with Crippen molar-refractivity contribution in [1.29, 1.82) is 5.26 Å². The van der Waals surface area contributed by atoms with Crippen LogP contribution in [-0.4, -0.2) is 22.2 Å². The van der Waals surface area contributed by atoms with Crippen molar-refractivity contribution in [2.24, 2.45) is 0 Å². The number of nitrogens with one attached hydrogen (secondary N) is 1. The fraction of sp³-hybridized carbons (Fsp3) is 0.250. The molecule has 1 aromatic heterocycles. The quantitative estimate of drug-likeness (QED) is 0.660. The van der Waals surface area contributed by atoms with Gasteiger partial charge in [0, 0.05) is 12.5 Å². The van der Waals surface area contributed by atoms with Crippen LogP contribution in [0, 0.1) is 25.2 Å². The summed E-state index contributed by atoms with van der Waals surface area (Å²) in [5, 5.41) is 16.2. The Morgan fingerprint density at radius 3 is 2.17 bits per heavy atom. The summed E-state index contributed by atoms with van der Waals surface area (Å²) in [6, 6.07) is 22.2. The van der Waals surface area contributed by atoms with Crippen molar-refractivity contribution in [2.45, 2.75) is 32.7 Å². The second-order valence-corrected chi connectivity index (χ2v) is 7.17. The second-order valence-electron chi connectivity index (χ2n) is 7.17. The number of amides is 1. The molecule has 152 valence electrons. The Morgan fingerprint density at radius 2 is 1.63 bits per heavy atom. The van der Waals surface area contributed by atoms with Gasteiger partial charge in [0.15, 0.2) is 0 Å². The lowest BCUT2D eigenvalue weighted by Crippen LogP contribution is -2.36. The van der Waals surface area contributed by atoms with E-state index in [1.165, 1.54) is 11.1 Å². The van der Waals surface area contributed by atoms with Crippen LogP contribution in [0.3, 0.4) is 0 Å². The summed E-state index contributed by atoms with van der Waals surface area (Å²) >= 11 is 0. The van der Waals surface area contributed by atoms with E-state index >= 15 is 0 Å². The van der Waals surface area contributed by atoms with E-state index in [0.29, 0.717) is 17.8 Å². The van der Waals surface area contributed by atoms with Crippen LogP contribution in [0.15, 0.2) is 65.5 Å². The molecule has 1 N–H and O–H groups in total. The van der Waals surface area contributed by atoms with Gasteiger partial charge in [-0.05, 0) is 37.0 Å². The summed E-state index contributed by atoms with van der Waals surface area (Å²) in [6.45, 7) is 3.64. The van der Waals surface area contributed by atoms with Gasteiger partial charge in [0.25, 0.3) is 5.56 Å². The van der Waals surface area contributed by atoms with Gasteiger partial charge in [0.1, 0.15) is 18.2 Å². The highest BCUT2D eigenvalue weighted by Crippen LogP contribution is 2.27. The van der Waals surface area contributed by atoms with Gasteiger partial charge in [-0.1, -0.05) is 60.7 Å². The summed E-state index contributed by atoms with van der Waals surface area (Å²) in [4.78, 5) is 24.8. The number of benzene rings is 2. The van der Waals surface area contributed by atoms with Crippen molar-refractivity contribution in [3.63, 3.8) is 0 Å². The maximum Gasteiger partial charge on any atom is 0.285 e. The fourth-order valence-electron chi connectivity index (χ4n) is 3.45. The number of rotatable bonds is 7. The average molecular weight is 400 g/mol. The van der Waals surface area contributed by atoms with Gasteiger partial charge < -0.3 is 5.32 Å². The van der Waals surface area contributed by atoms with Crippen LogP contribution < -0.4 is 10.9 Å². The minimum Gasteiger partial charge on any atom is -0.354 e. The fourth-order valence-corrected chi connectivity index (χ4v) is 3.45. The van der Waals surface area contributed by atoms with E-state index in [-0.39, 0.29) is 23.9 Å². The maximum absolute atomic E-state index is 12.4. The Bertz CT molecular complexity index is 1080. The van der Waals surface area contributed by atoms with Crippen molar-refractivity contribution in [3.05, 3.63) is 99.0 Å². The number of nitriles is 1. The van der Waals surface area contributed by atoms with Gasteiger partial charge in [0.2, 0.25) is 5.91 Å². The number of carbonyl (C=O) groups is 1. The molecule has 0 saturated heterocycles. The van der Waals surface area contributed by atoms with Crippen molar-refractivity contribution < 1.29 is 4.79 Å². The van der Waals surface area contributed by atoms with E-state index in [9.17, 15) is 14.9 Å². The van der Waals surface area contributed by atoms with Gasteiger partial charge in [-0.2, -0.15) is 10.4 Å². The van der Waals surface area contributed by atoms with E-state index in [1.807, 2.05) is 42.5 Å². The number of aryl methyl sites for hydroxylation is 1. The maximum atomic E-state index is 12.4. The number of hydrogen-bond acceptors (Lipinski definition) is 4. The Hall–Kier alpha value is -3.72. The lowest BCUT2D eigenvalue weighted by molar-refractivity contribution is -0.121. The molecule has 1 amide bonds. The van der Waals surface area contributed by atoms with Gasteiger partial charge in [0.05, 0.1) is 5.69 Å². The highest BCUT2D eigenvalue weighted by atomic mass is 16.2. The first-order chi connectivity index (χ1) is 14.5. The second kappa shape index (κ2) is 9.66. The first-order valence-electron chi connectivity index (χ1n) is 9.86. The Labute approximate surface area is 175 Å². The normalized spacial score (nSPS) is 10.6. The molecule has 0 aliphatic carbocycles. The largest absolute Gasteiger partial charge is 0.354 e. The van der Waals surface area contributed by atoms with Gasteiger partial charge >= 0.3 is 0 Å². The molecule has 0 saturated carbocycles. The summed E-state index contributed by atoms with van der Waals surface area (Å²) in [5.74, 6) is -0.156. The molecule has 0 aliphatic heterocycles. The summed E-state index contributed by atoms with van der Waals surface area (Å²) in [7, 11) is 0. The molecule has 0 spiro atoms. The number of aromatic nitrogens is 2. The molecular weight excluding hydrogens is 376 g/mol. The van der Waals surface area contributed by atoms with E-state index in [4.69, 9.17) is 0 Å². The lowest BCUT2D eigenvalue weighted by atomic mass is 9.88. The smallest absolute Gasteiger partial charge is 0.285 e. The van der Waals surface area contributed by atoms with Crippen LogP contribution in [0.25, 0.3) is 0 Å². The van der Waals surface area contributed by atoms with Gasteiger partial charge in [-0.3, -0.25) is 9.59 Å². The lowest BCUT2D eigenvalue weighted by Gasteiger charge is -2.18. The summed E-state index contributed by atoms with van der Waals surface area (Å²) < 4.78 is 1.06. The molecule has 0 bridgehead atoms. The minimum absolute atomic E-state index is 0.0310. The molecular formula is C24H24N4O2. The van der Waals surface area contributed by atoms with Crippen LogP contribution in [0.4, 0.5) is 0 Å². The molecule has 0 atom stereocenters. The molecule has 0 radical (unpaired) electrons. The van der Waals surface area contributed by atoms with E-state index in [1.54, 1.807) is 13.8 Å². The van der Waals surface area contributed by atoms with Crippen molar-refractivity contribution >= 4 is 5.91 Å². The molecule has 1 heterocycles. The standard InChI is InChI=1S/C24H24N4O2/c1-17-18(2)27-28(24(30)22(17)15-25)16-23(29)26-14-13-21(19-9-5-3-6-10-19)20-11-7-4-8-12-20/h3-12,21H,13-14,16H2,1-2H3,(H,26,29). The Morgan fingerprint density at radius 1 is 1.07 bits per heavy atom. The predicted octanol–water partition coefficient (Wildman–Crippen LogP) is 3.07. The van der Waals surface area contributed by atoms with Gasteiger partial charge in [-0.25, -0.2) is 4.68 Å². The van der Waals surface area contributed by atoms with Crippen molar-refractivity contribution in [2.75, 3.05) is 6.54 Å². The predicted molar refractivity (Wildman–Crippen MR) is 115 cm³/mol.